The molecule has 0 fully saturated rings. The molecule has 0 bridgehead atoms. The largest absolute Gasteiger partial charge is 0.480 e. The van der Waals surface area contributed by atoms with Gasteiger partial charge in [-0.15, -0.1) is 11.3 Å². The summed E-state index contributed by atoms with van der Waals surface area (Å²) in [7, 11) is 0. The Morgan fingerprint density at radius 1 is 1.33 bits per heavy atom. The monoisotopic (exact) mass is 348 g/mol. The maximum atomic E-state index is 12.9. The maximum Gasteiger partial charge on any atom is 0.326 e. The molecule has 0 saturated heterocycles. The van der Waals surface area contributed by atoms with Crippen molar-refractivity contribution in [3.05, 3.63) is 34.7 Å². The smallest absolute Gasteiger partial charge is 0.326 e. The van der Waals surface area contributed by atoms with Gasteiger partial charge in [0.25, 0.3) is 5.91 Å². The number of carbonyl (C=O) groups excluding carboxylic acids is 2. The minimum atomic E-state index is -1.08. The highest BCUT2D eigenvalue weighted by atomic mass is 32.1. The van der Waals surface area contributed by atoms with Crippen LogP contribution >= 0.6 is 11.3 Å². The van der Waals surface area contributed by atoms with E-state index in [4.69, 9.17) is 0 Å². The summed E-state index contributed by atoms with van der Waals surface area (Å²) in [5.74, 6) is -1.64. The second-order valence-corrected chi connectivity index (χ2v) is 6.56. The van der Waals surface area contributed by atoms with Crippen LogP contribution in [0.1, 0.15) is 29.8 Å². The van der Waals surface area contributed by atoms with Crippen molar-refractivity contribution in [2.75, 3.05) is 13.1 Å². The Morgan fingerprint density at radius 3 is 2.67 bits per heavy atom. The molecule has 2 amide bonds. The van der Waals surface area contributed by atoms with Gasteiger partial charge in [0, 0.05) is 35.5 Å². The number of carboxylic acids is 1. The first-order valence-corrected chi connectivity index (χ1v) is 8.45. The standard InChI is InChI=1S/C17H20N2O4S/c1-10-4-5-13-14(9-24-15(13)8-10)16(21)19(11(2)17(22)23)7-6-18-12(3)20/h4-5,8-9,11H,6-7H2,1-3H3,(H,18,20)(H,22,23). The summed E-state index contributed by atoms with van der Waals surface area (Å²) < 4.78 is 0.989. The predicted octanol–water partition coefficient (Wildman–Crippen LogP) is 2.26. The number of fused-ring (bicyclic) bond motifs is 1. The normalized spacial score (nSPS) is 12.0. The number of rotatable bonds is 6. The Kier molecular flexibility index (Phi) is 5.56. The Balaban J connectivity index is 2.31. The summed E-state index contributed by atoms with van der Waals surface area (Å²) in [5.41, 5.74) is 1.59. The molecular formula is C17H20N2O4S. The van der Waals surface area contributed by atoms with Crippen LogP contribution in [0.4, 0.5) is 0 Å². The van der Waals surface area contributed by atoms with E-state index in [9.17, 15) is 19.5 Å². The first-order valence-electron chi connectivity index (χ1n) is 7.57. The Labute approximate surface area is 144 Å². The Bertz CT molecular complexity index is 784. The molecule has 0 aliphatic rings. The number of carboxylic acid groups (broad SMARTS) is 1. The van der Waals surface area contributed by atoms with Gasteiger partial charge in [0.05, 0.1) is 5.56 Å². The zero-order valence-electron chi connectivity index (χ0n) is 13.8. The van der Waals surface area contributed by atoms with Gasteiger partial charge in [-0.3, -0.25) is 9.59 Å². The second-order valence-electron chi connectivity index (χ2n) is 5.64. The third-order valence-corrected chi connectivity index (χ3v) is 4.72. The van der Waals surface area contributed by atoms with E-state index >= 15 is 0 Å². The number of hydrogen-bond donors (Lipinski definition) is 2. The van der Waals surface area contributed by atoms with Crippen LogP contribution < -0.4 is 5.32 Å². The van der Waals surface area contributed by atoms with E-state index in [2.05, 4.69) is 5.32 Å². The molecule has 2 aromatic rings. The van der Waals surface area contributed by atoms with Crippen molar-refractivity contribution in [1.29, 1.82) is 0 Å². The third-order valence-electron chi connectivity index (χ3n) is 3.77. The second kappa shape index (κ2) is 7.44. The SMILES string of the molecule is CC(=O)NCCN(C(=O)c1csc2cc(C)ccc12)C(C)C(=O)O. The van der Waals surface area contributed by atoms with Crippen molar-refractivity contribution < 1.29 is 19.5 Å². The molecule has 1 heterocycles. The van der Waals surface area contributed by atoms with Gasteiger partial charge in [-0.2, -0.15) is 0 Å². The van der Waals surface area contributed by atoms with Crippen molar-refractivity contribution in [2.24, 2.45) is 0 Å². The summed E-state index contributed by atoms with van der Waals surface area (Å²) in [4.78, 5) is 36.5. The molecule has 1 aromatic carbocycles. The van der Waals surface area contributed by atoms with E-state index in [0.29, 0.717) is 5.56 Å². The van der Waals surface area contributed by atoms with Gasteiger partial charge in [0.1, 0.15) is 6.04 Å². The number of amides is 2. The van der Waals surface area contributed by atoms with Gasteiger partial charge < -0.3 is 15.3 Å². The fraction of sp³-hybridized carbons (Fsp3) is 0.353. The van der Waals surface area contributed by atoms with Crippen LogP contribution in [0.5, 0.6) is 0 Å². The van der Waals surface area contributed by atoms with Crippen molar-refractivity contribution >= 4 is 39.2 Å². The molecule has 0 aliphatic heterocycles. The molecule has 0 saturated carbocycles. The zero-order chi connectivity index (χ0) is 17.9. The lowest BCUT2D eigenvalue weighted by Gasteiger charge is -2.26. The fourth-order valence-electron chi connectivity index (χ4n) is 2.41. The topological polar surface area (TPSA) is 86.7 Å². The van der Waals surface area contributed by atoms with E-state index < -0.39 is 12.0 Å². The number of aryl methyl sites for hydroxylation is 1. The number of hydrogen-bond acceptors (Lipinski definition) is 4. The molecule has 1 aromatic heterocycles. The summed E-state index contributed by atoms with van der Waals surface area (Å²) in [6.07, 6.45) is 0. The lowest BCUT2D eigenvalue weighted by atomic mass is 10.1. The van der Waals surface area contributed by atoms with E-state index in [1.165, 1.54) is 30.1 Å². The highest BCUT2D eigenvalue weighted by Gasteiger charge is 2.27. The molecule has 6 nitrogen and oxygen atoms in total. The molecule has 2 rings (SSSR count). The fourth-order valence-corrected chi connectivity index (χ4v) is 3.44. The zero-order valence-corrected chi connectivity index (χ0v) is 14.6. The molecule has 0 aliphatic carbocycles. The van der Waals surface area contributed by atoms with Gasteiger partial charge >= 0.3 is 5.97 Å². The summed E-state index contributed by atoms with van der Waals surface area (Å²) in [5, 5.41) is 14.4. The molecule has 24 heavy (non-hydrogen) atoms. The van der Waals surface area contributed by atoms with Crippen LogP contribution in [0, 0.1) is 6.92 Å². The quantitative estimate of drug-likeness (QED) is 0.838. The summed E-state index contributed by atoms with van der Waals surface area (Å²) in [6.45, 7) is 5.16. The minimum absolute atomic E-state index is 0.134. The first kappa shape index (κ1) is 17.9. The maximum absolute atomic E-state index is 12.9. The third kappa shape index (κ3) is 3.91. The Morgan fingerprint density at radius 2 is 2.04 bits per heavy atom. The average molecular weight is 348 g/mol. The number of thiophene rings is 1. The number of benzene rings is 1. The van der Waals surface area contributed by atoms with Gasteiger partial charge in [-0.1, -0.05) is 12.1 Å². The molecule has 1 unspecified atom stereocenters. The van der Waals surface area contributed by atoms with Crippen LogP contribution in [0.2, 0.25) is 0 Å². The van der Waals surface area contributed by atoms with E-state index in [1.54, 1.807) is 5.38 Å². The summed E-state index contributed by atoms with van der Waals surface area (Å²) >= 11 is 1.46. The summed E-state index contributed by atoms with van der Waals surface area (Å²) in [6, 6.07) is 4.82. The van der Waals surface area contributed by atoms with Crippen LogP contribution in [0.25, 0.3) is 10.1 Å². The number of nitrogens with zero attached hydrogens (tertiary/aromatic N) is 1. The van der Waals surface area contributed by atoms with Crippen molar-refractivity contribution in [2.45, 2.75) is 26.8 Å². The van der Waals surface area contributed by atoms with E-state index in [1.807, 2.05) is 25.1 Å². The number of aliphatic carboxylic acids is 1. The van der Waals surface area contributed by atoms with Gasteiger partial charge in [-0.25, -0.2) is 4.79 Å². The average Bonchev–Trinajstić information content (AvgIpc) is 2.92. The van der Waals surface area contributed by atoms with Crippen molar-refractivity contribution in [3.8, 4) is 0 Å². The van der Waals surface area contributed by atoms with Crippen LogP contribution in [0.3, 0.4) is 0 Å². The van der Waals surface area contributed by atoms with Gasteiger partial charge in [-0.05, 0) is 25.5 Å². The van der Waals surface area contributed by atoms with Crippen molar-refractivity contribution in [1.82, 2.24) is 10.2 Å². The molecule has 7 heteroatoms. The Hall–Kier alpha value is -2.41. The minimum Gasteiger partial charge on any atom is -0.480 e. The molecule has 128 valence electrons. The van der Waals surface area contributed by atoms with Crippen LogP contribution in [-0.2, 0) is 9.59 Å². The lowest BCUT2D eigenvalue weighted by Crippen LogP contribution is -2.46. The van der Waals surface area contributed by atoms with Crippen molar-refractivity contribution in [3.63, 3.8) is 0 Å². The molecule has 1 atom stereocenters. The first-order chi connectivity index (χ1) is 11.3. The predicted molar refractivity (Wildman–Crippen MR) is 93.4 cm³/mol. The molecule has 0 spiro atoms. The lowest BCUT2D eigenvalue weighted by molar-refractivity contribution is -0.141. The van der Waals surface area contributed by atoms with Crippen LogP contribution in [-0.4, -0.2) is 46.9 Å². The molecular weight excluding hydrogens is 328 g/mol. The van der Waals surface area contributed by atoms with Gasteiger partial charge in [0.2, 0.25) is 5.91 Å². The molecule has 0 radical (unpaired) electrons. The van der Waals surface area contributed by atoms with Crippen LogP contribution in [0.15, 0.2) is 23.6 Å². The molecule has 2 N–H and O–H groups in total. The number of nitrogens with one attached hydrogen (secondary N) is 1. The van der Waals surface area contributed by atoms with Gasteiger partial charge in [0.15, 0.2) is 0 Å². The van der Waals surface area contributed by atoms with E-state index in [-0.39, 0.29) is 24.9 Å². The highest BCUT2D eigenvalue weighted by molar-refractivity contribution is 7.17. The highest BCUT2D eigenvalue weighted by Crippen LogP contribution is 2.28. The van der Waals surface area contributed by atoms with E-state index in [0.717, 1.165) is 15.6 Å². The number of carbonyl (C=O) groups is 3.